The van der Waals surface area contributed by atoms with Gasteiger partial charge >= 0.3 is 18.0 Å². The molecule has 0 aliphatic heterocycles. The Bertz CT molecular complexity index is 324. The molecular formula is C11H20N2O5S. The highest BCUT2D eigenvalue weighted by molar-refractivity contribution is 7.98. The maximum Gasteiger partial charge on any atom is 0.326 e. The number of esters is 1. The summed E-state index contributed by atoms with van der Waals surface area (Å²) in [6.07, 6.45) is 1.84. The van der Waals surface area contributed by atoms with Crippen LogP contribution in [0.1, 0.15) is 19.8 Å². The van der Waals surface area contributed by atoms with E-state index < -0.39 is 24.0 Å². The molecule has 0 saturated carbocycles. The van der Waals surface area contributed by atoms with Gasteiger partial charge in [0.2, 0.25) is 0 Å². The van der Waals surface area contributed by atoms with Crippen LogP contribution in [0.15, 0.2) is 0 Å². The SMILES string of the molecule is COC(=O)CC[C@H](NC(=O)NC(C)CSC)C(=O)O. The lowest BCUT2D eigenvalue weighted by atomic mass is 10.1. The van der Waals surface area contributed by atoms with Crippen molar-refractivity contribution >= 4 is 29.7 Å². The number of carbonyl (C=O) groups is 3. The van der Waals surface area contributed by atoms with Gasteiger partial charge in [-0.2, -0.15) is 11.8 Å². The van der Waals surface area contributed by atoms with Gasteiger partial charge in [0.1, 0.15) is 6.04 Å². The van der Waals surface area contributed by atoms with E-state index in [1.165, 1.54) is 7.11 Å². The molecule has 7 nitrogen and oxygen atoms in total. The average Bonchev–Trinajstić information content (AvgIpc) is 2.33. The minimum absolute atomic E-state index is 0.00760. The van der Waals surface area contributed by atoms with E-state index in [9.17, 15) is 14.4 Å². The minimum atomic E-state index is -1.18. The van der Waals surface area contributed by atoms with Gasteiger partial charge in [-0.05, 0) is 19.6 Å². The van der Waals surface area contributed by atoms with Crippen molar-refractivity contribution in [1.29, 1.82) is 0 Å². The van der Waals surface area contributed by atoms with Crippen LogP contribution >= 0.6 is 11.8 Å². The van der Waals surface area contributed by atoms with Crippen LogP contribution in [0.4, 0.5) is 4.79 Å². The van der Waals surface area contributed by atoms with E-state index in [2.05, 4.69) is 15.4 Å². The number of carboxylic acids is 1. The van der Waals surface area contributed by atoms with Crippen molar-refractivity contribution in [2.45, 2.75) is 31.8 Å². The van der Waals surface area contributed by atoms with Crippen LogP contribution in [0.3, 0.4) is 0 Å². The molecule has 2 amide bonds. The number of hydrogen-bond donors (Lipinski definition) is 3. The Morgan fingerprint density at radius 2 is 1.95 bits per heavy atom. The molecular weight excluding hydrogens is 272 g/mol. The Morgan fingerprint density at radius 3 is 2.42 bits per heavy atom. The molecule has 0 aromatic carbocycles. The number of rotatable bonds is 8. The Labute approximate surface area is 116 Å². The first-order valence-corrected chi connectivity index (χ1v) is 7.15. The molecule has 0 heterocycles. The van der Waals surface area contributed by atoms with E-state index in [-0.39, 0.29) is 18.9 Å². The number of hydrogen-bond acceptors (Lipinski definition) is 5. The fraction of sp³-hybridized carbons (Fsp3) is 0.727. The molecule has 0 rings (SSSR count). The smallest absolute Gasteiger partial charge is 0.326 e. The molecule has 0 spiro atoms. The highest BCUT2D eigenvalue weighted by atomic mass is 32.2. The number of carboxylic acid groups (broad SMARTS) is 1. The van der Waals surface area contributed by atoms with Crippen LogP contribution < -0.4 is 10.6 Å². The Kier molecular flexibility index (Phi) is 8.77. The average molecular weight is 292 g/mol. The standard InChI is InChI=1S/C11H20N2O5S/c1-7(6-19-3)12-11(17)13-8(10(15)16)4-5-9(14)18-2/h7-8H,4-6H2,1-3H3,(H,15,16)(H2,12,13,17)/t7?,8-/m0/s1. The fourth-order valence-corrected chi connectivity index (χ4v) is 1.92. The third-order valence-electron chi connectivity index (χ3n) is 2.26. The van der Waals surface area contributed by atoms with E-state index in [0.717, 1.165) is 5.75 Å². The van der Waals surface area contributed by atoms with Crippen molar-refractivity contribution in [2.75, 3.05) is 19.1 Å². The summed E-state index contributed by atoms with van der Waals surface area (Å²) < 4.78 is 4.42. The number of ether oxygens (including phenoxy) is 1. The second kappa shape index (κ2) is 9.48. The summed E-state index contributed by atoms with van der Waals surface area (Å²) in [6, 6.07) is -1.73. The number of carbonyl (C=O) groups excluding carboxylic acids is 2. The molecule has 0 aromatic rings. The minimum Gasteiger partial charge on any atom is -0.480 e. The molecule has 0 aliphatic carbocycles. The van der Waals surface area contributed by atoms with Crippen LogP contribution in [-0.4, -0.2) is 54.3 Å². The number of amides is 2. The van der Waals surface area contributed by atoms with Crippen LogP contribution in [0.25, 0.3) is 0 Å². The summed E-state index contributed by atoms with van der Waals surface area (Å²) in [4.78, 5) is 33.4. The van der Waals surface area contributed by atoms with Gasteiger partial charge < -0.3 is 20.5 Å². The monoisotopic (exact) mass is 292 g/mol. The molecule has 1 unspecified atom stereocenters. The first-order valence-electron chi connectivity index (χ1n) is 5.76. The fourth-order valence-electron chi connectivity index (χ4n) is 1.34. The van der Waals surface area contributed by atoms with Gasteiger partial charge in [0.25, 0.3) is 0 Å². The molecule has 19 heavy (non-hydrogen) atoms. The van der Waals surface area contributed by atoms with E-state index in [0.29, 0.717) is 0 Å². The normalized spacial score (nSPS) is 13.2. The summed E-state index contributed by atoms with van der Waals surface area (Å²) in [5.74, 6) is -0.964. The lowest BCUT2D eigenvalue weighted by Crippen LogP contribution is -2.49. The van der Waals surface area contributed by atoms with Gasteiger partial charge in [0.15, 0.2) is 0 Å². The molecule has 8 heteroatoms. The van der Waals surface area contributed by atoms with E-state index in [4.69, 9.17) is 5.11 Å². The van der Waals surface area contributed by atoms with Crippen molar-refractivity contribution in [3.05, 3.63) is 0 Å². The predicted octanol–water partition coefficient (Wildman–Crippen LogP) is 0.444. The summed E-state index contributed by atoms with van der Waals surface area (Å²) >= 11 is 1.57. The van der Waals surface area contributed by atoms with E-state index in [1.54, 1.807) is 11.8 Å². The van der Waals surface area contributed by atoms with Crippen molar-refractivity contribution < 1.29 is 24.2 Å². The zero-order chi connectivity index (χ0) is 14.8. The maximum absolute atomic E-state index is 11.5. The lowest BCUT2D eigenvalue weighted by molar-refractivity contribution is -0.142. The highest BCUT2D eigenvalue weighted by Gasteiger charge is 2.21. The molecule has 0 saturated heterocycles. The van der Waals surface area contributed by atoms with Crippen molar-refractivity contribution in [3.8, 4) is 0 Å². The molecule has 0 radical (unpaired) electrons. The maximum atomic E-state index is 11.5. The Morgan fingerprint density at radius 1 is 1.32 bits per heavy atom. The molecule has 0 aliphatic rings. The lowest BCUT2D eigenvalue weighted by Gasteiger charge is -2.17. The molecule has 0 aromatic heterocycles. The number of nitrogens with one attached hydrogen (secondary N) is 2. The van der Waals surface area contributed by atoms with Gasteiger partial charge in [-0.3, -0.25) is 4.79 Å². The van der Waals surface area contributed by atoms with Crippen molar-refractivity contribution in [3.63, 3.8) is 0 Å². The molecule has 2 atom stereocenters. The predicted molar refractivity (Wildman–Crippen MR) is 72.2 cm³/mol. The third-order valence-corrected chi connectivity index (χ3v) is 3.10. The number of urea groups is 1. The van der Waals surface area contributed by atoms with Crippen LogP contribution in [0.2, 0.25) is 0 Å². The van der Waals surface area contributed by atoms with E-state index >= 15 is 0 Å². The van der Waals surface area contributed by atoms with Gasteiger partial charge in [-0.15, -0.1) is 0 Å². The Balaban J connectivity index is 4.22. The van der Waals surface area contributed by atoms with Crippen LogP contribution in [-0.2, 0) is 14.3 Å². The van der Waals surface area contributed by atoms with Gasteiger partial charge in [-0.25, -0.2) is 9.59 Å². The molecule has 0 bridgehead atoms. The zero-order valence-corrected chi connectivity index (χ0v) is 12.1. The van der Waals surface area contributed by atoms with E-state index in [1.807, 2.05) is 13.2 Å². The number of methoxy groups -OCH3 is 1. The molecule has 110 valence electrons. The molecule has 0 fully saturated rings. The Hall–Kier alpha value is -1.44. The second-order valence-electron chi connectivity index (χ2n) is 3.98. The first-order chi connectivity index (χ1) is 8.90. The second-order valence-corrected chi connectivity index (χ2v) is 4.89. The first kappa shape index (κ1) is 17.6. The summed E-state index contributed by atoms with van der Waals surface area (Å²) in [7, 11) is 1.22. The third kappa shape index (κ3) is 8.30. The quantitative estimate of drug-likeness (QED) is 0.561. The summed E-state index contributed by atoms with van der Waals surface area (Å²) in [5, 5.41) is 13.9. The molecule has 3 N–H and O–H groups in total. The van der Waals surface area contributed by atoms with Crippen LogP contribution in [0, 0.1) is 0 Å². The zero-order valence-electron chi connectivity index (χ0n) is 11.3. The highest BCUT2D eigenvalue weighted by Crippen LogP contribution is 2.00. The van der Waals surface area contributed by atoms with Crippen LogP contribution in [0.5, 0.6) is 0 Å². The van der Waals surface area contributed by atoms with Crippen molar-refractivity contribution in [1.82, 2.24) is 10.6 Å². The van der Waals surface area contributed by atoms with Crippen molar-refractivity contribution in [2.24, 2.45) is 0 Å². The topological polar surface area (TPSA) is 105 Å². The summed E-state index contributed by atoms with van der Waals surface area (Å²) in [5.41, 5.74) is 0. The number of thioether (sulfide) groups is 1. The van der Waals surface area contributed by atoms with Gasteiger partial charge in [0.05, 0.1) is 7.11 Å². The van der Waals surface area contributed by atoms with Gasteiger partial charge in [-0.1, -0.05) is 0 Å². The van der Waals surface area contributed by atoms with Gasteiger partial charge in [0, 0.05) is 18.2 Å². The summed E-state index contributed by atoms with van der Waals surface area (Å²) in [6.45, 7) is 1.82. The number of aliphatic carboxylic acids is 1. The largest absolute Gasteiger partial charge is 0.480 e.